The summed E-state index contributed by atoms with van der Waals surface area (Å²) in [4.78, 5) is 10.9. The molecule has 7 nitrogen and oxygen atoms in total. The molecule has 0 saturated heterocycles. The first kappa shape index (κ1) is 13.8. The predicted molar refractivity (Wildman–Crippen MR) is 70.5 cm³/mol. The Hall–Kier alpha value is -1.64. The predicted octanol–water partition coefficient (Wildman–Crippen LogP) is 0.393. The lowest BCUT2D eigenvalue weighted by molar-refractivity contribution is 0.239. The van der Waals surface area contributed by atoms with Crippen molar-refractivity contribution in [1.82, 2.24) is 10.7 Å². The smallest absolute Gasteiger partial charge is 0.328 e. The monoisotopic (exact) mass is 302 g/mol. The fourth-order valence-corrected chi connectivity index (χ4v) is 2.77. The minimum absolute atomic E-state index is 0.0345. The van der Waals surface area contributed by atoms with Gasteiger partial charge in [0.05, 0.1) is 16.8 Å². The summed E-state index contributed by atoms with van der Waals surface area (Å²) in [5.74, 6) is 0. The zero-order valence-corrected chi connectivity index (χ0v) is 11.4. The molecule has 1 aromatic rings. The van der Waals surface area contributed by atoms with E-state index in [4.69, 9.17) is 16.7 Å². The van der Waals surface area contributed by atoms with Crippen molar-refractivity contribution in [1.29, 1.82) is 0 Å². The van der Waals surface area contributed by atoms with E-state index in [0.717, 1.165) is 0 Å². The molecule has 0 aliphatic carbocycles. The highest BCUT2D eigenvalue weighted by Gasteiger charge is 2.22. The number of nitrogens with two attached hydrogens (primary N) is 1. The molecule has 2 amide bonds. The summed E-state index contributed by atoms with van der Waals surface area (Å²) in [5, 5.41) is 11.6. The van der Waals surface area contributed by atoms with Crippen LogP contribution >= 0.6 is 11.6 Å². The Morgan fingerprint density at radius 3 is 2.68 bits per heavy atom. The molecule has 0 radical (unpaired) electrons. The van der Waals surface area contributed by atoms with Crippen LogP contribution in [0.4, 0.5) is 4.79 Å². The van der Waals surface area contributed by atoms with Gasteiger partial charge in [-0.05, 0) is 19.1 Å². The van der Waals surface area contributed by atoms with E-state index in [0.29, 0.717) is 11.3 Å². The lowest BCUT2D eigenvalue weighted by atomic mass is 10.0. The molecule has 4 N–H and O–H groups in total. The SMILES string of the molecule is CC1NC(=O)NN=C1c1ccc(Cl)c(S(N)(=O)=O)c1. The molecule has 19 heavy (non-hydrogen) atoms. The van der Waals surface area contributed by atoms with Crippen LogP contribution in [0.5, 0.6) is 0 Å². The first-order valence-corrected chi connectivity index (χ1v) is 7.18. The highest BCUT2D eigenvalue weighted by Crippen LogP contribution is 2.22. The molecule has 0 aromatic heterocycles. The Kier molecular flexibility index (Phi) is 3.48. The van der Waals surface area contributed by atoms with Crippen LogP contribution in [0, 0.1) is 0 Å². The average Bonchev–Trinajstić information content (AvgIpc) is 2.29. The number of carbonyl (C=O) groups excluding carboxylic acids is 1. The molecule has 102 valence electrons. The maximum absolute atomic E-state index is 11.4. The van der Waals surface area contributed by atoms with Crippen LogP contribution in [0.15, 0.2) is 28.2 Å². The van der Waals surface area contributed by atoms with E-state index in [9.17, 15) is 13.2 Å². The molecule has 1 aliphatic rings. The number of halogens is 1. The van der Waals surface area contributed by atoms with E-state index in [2.05, 4.69) is 15.8 Å². The summed E-state index contributed by atoms with van der Waals surface area (Å²) in [7, 11) is -3.92. The first-order chi connectivity index (χ1) is 8.79. The summed E-state index contributed by atoms with van der Waals surface area (Å²) in [6.45, 7) is 1.72. The molecule has 2 rings (SSSR count). The first-order valence-electron chi connectivity index (χ1n) is 5.26. The number of hydrogen-bond donors (Lipinski definition) is 3. The molecule has 0 spiro atoms. The number of nitrogens with zero attached hydrogens (tertiary/aromatic N) is 1. The van der Waals surface area contributed by atoms with E-state index in [1.807, 2.05) is 0 Å². The van der Waals surface area contributed by atoms with E-state index in [-0.39, 0.29) is 16.0 Å². The van der Waals surface area contributed by atoms with Crippen molar-refractivity contribution in [3.05, 3.63) is 28.8 Å². The van der Waals surface area contributed by atoms with Crippen molar-refractivity contribution in [2.24, 2.45) is 10.2 Å². The average molecular weight is 303 g/mol. The van der Waals surface area contributed by atoms with E-state index in [1.54, 1.807) is 13.0 Å². The van der Waals surface area contributed by atoms with Crippen molar-refractivity contribution >= 4 is 33.4 Å². The Labute approximate surface area is 114 Å². The summed E-state index contributed by atoms with van der Waals surface area (Å²) in [6, 6.07) is 3.57. The molecule has 1 unspecified atom stereocenters. The topological polar surface area (TPSA) is 114 Å². The number of nitrogens with one attached hydrogen (secondary N) is 2. The number of primary sulfonamides is 1. The molecule has 0 saturated carbocycles. The van der Waals surface area contributed by atoms with Gasteiger partial charge in [0.25, 0.3) is 0 Å². The van der Waals surface area contributed by atoms with Crippen LogP contribution in [0.3, 0.4) is 0 Å². The zero-order chi connectivity index (χ0) is 14.2. The van der Waals surface area contributed by atoms with Gasteiger partial charge < -0.3 is 5.32 Å². The number of hydrazone groups is 1. The minimum atomic E-state index is -3.92. The molecular formula is C10H11ClN4O3S. The van der Waals surface area contributed by atoms with Crippen LogP contribution < -0.4 is 15.9 Å². The molecule has 0 fully saturated rings. The van der Waals surface area contributed by atoms with Gasteiger partial charge in [0, 0.05) is 5.56 Å². The van der Waals surface area contributed by atoms with Crippen LogP contribution in [0.1, 0.15) is 12.5 Å². The van der Waals surface area contributed by atoms with Crippen LogP contribution in [-0.4, -0.2) is 26.2 Å². The van der Waals surface area contributed by atoms with Gasteiger partial charge in [0.15, 0.2) is 0 Å². The van der Waals surface area contributed by atoms with E-state index < -0.39 is 16.1 Å². The largest absolute Gasteiger partial charge is 0.335 e. The van der Waals surface area contributed by atoms with Crippen molar-refractivity contribution in [2.75, 3.05) is 0 Å². The fourth-order valence-electron chi connectivity index (χ4n) is 1.70. The standard InChI is InChI=1S/C10H11ClN4O3S/c1-5-9(14-15-10(16)13-5)6-2-3-7(11)8(4-6)19(12,17)18/h2-5H,1H3,(H2,12,17,18)(H2,13,15,16). The van der Waals surface area contributed by atoms with Crippen molar-refractivity contribution < 1.29 is 13.2 Å². The normalized spacial score (nSPS) is 19.4. The second-order valence-corrected chi connectivity index (χ2v) is 5.93. The van der Waals surface area contributed by atoms with Gasteiger partial charge in [-0.2, -0.15) is 5.10 Å². The second-order valence-electron chi connectivity index (χ2n) is 3.99. The number of sulfonamides is 1. The number of hydrogen-bond acceptors (Lipinski definition) is 4. The van der Waals surface area contributed by atoms with Gasteiger partial charge in [-0.1, -0.05) is 17.7 Å². The number of amides is 2. The minimum Gasteiger partial charge on any atom is -0.328 e. The van der Waals surface area contributed by atoms with Gasteiger partial charge in [-0.15, -0.1) is 0 Å². The summed E-state index contributed by atoms with van der Waals surface area (Å²) < 4.78 is 22.8. The van der Waals surface area contributed by atoms with Crippen molar-refractivity contribution in [3.63, 3.8) is 0 Å². The molecule has 1 aromatic carbocycles. The Morgan fingerprint density at radius 2 is 2.11 bits per heavy atom. The number of rotatable bonds is 2. The summed E-state index contributed by atoms with van der Waals surface area (Å²) >= 11 is 5.79. The van der Waals surface area contributed by atoms with Gasteiger partial charge in [-0.3, -0.25) is 0 Å². The maximum atomic E-state index is 11.4. The van der Waals surface area contributed by atoms with Crippen LogP contribution in [0.2, 0.25) is 5.02 Å². The highest BCUT2D eigenvalue weighted by atomic mass is 35.5. The van der Waals surface area contributed by atoms with Gasteiger partial charge in [0.2, 0.25) is 10.0 Å². The third-order valence-corrected chi connectivity index (χ3v) is 3.96. The lowest BCUT2D eigenvalue weighted by Gasteiger charge is -2.21. The number of urea groups is 1. The third-order valence-electron chi connectivity index (χ3n) is 2.57. The Balaban J connectivity index is 2.51. The van der Waals surface area contributed by atoms with Gasteiger partial charge >= 0.3 is 6.03 Å². The van der Waals surface area contributed by atoms with Gasteiger partial charge in [-0.25, -0.2) is 23.8 Å². The summed E-state index contributed by atoms with van der Waals surface area (Å²) in [5.41, 5.74) is 3.25. The number of benzene rings is 1. The number of carbonyl (C=O) groups is 1. The highest BCUT2D eigenvalue weighted by molar-refractivity contribution is 7.89. The molecule has 1 heterocycles. The van der Waals surface area contributed by atoms with Crippen molar-refractivity contribution in [3.8, 4) is 0 Å². The maximum Gasteiger partial charge on any atom is 0.335 e. The molecule has 1 atom stereocenters. The van der Waals surface area contributed by atoms with E-state index >= 15 is 0 Å². The Bertz CT molecular complexity index is 671. The van der Waals surface area contributed by atoms with Crippen molar-refractivity contribution in [2.45, 2.75) is 17.9 Å². The van der Waals surface area contributed by atoms with Crippen LogP contribution in [-0.2, 0) is 10.0 Å². The second kappa shape index (κ2) is 4.80. The molecule has 9 heteroatoms. The molecule has 0 bridgehead atoms. The quantitative estimate of drug-likeness (QED) is 0.734. The molecule has 1 aliphatic heterocycles. The zero-order valence-electron chi connectivity index (χ0n) is 9.84. The van der Waals surface area contributed by atoms with Gasteiger partial charge in [0.1, 0.15) is 4.90 Å². The third kappa shape index (κ3) is 2.86. The van der Waals surface area contributed by atoms with E-state index in [1.165, 1.54) is 12.1 Å². The fraction of sp³-hybridized carbons (Fsp3) is 0.200. The Morgan fingerprint density at radius 1 is 1.42 bits per heavy atom. The summed E-state index contributed by atoms with van der Waals surface area (Å²) in [6.07, 6.45) is 0. The molecular weight excluding hydrogens is 292 g/mol. The lowest BCUT2D eigenvalue weighted by Crippen LogP contribution is -2.48. The van der Waals surface area contributed by atoms with Crippen LogP contribution in [0.25, 0.3) is 0 Å².